The number of carbonyl (C=O) groups is 4. The predicted molar refractivity (Wildman–Crippen MR) is 155 cm³/mol. The summed E-state index contributed by atoms with van der Waals surface area (Å²) in [7, 11) is 0. The van der Waals surface area contributed by atoms with Crippen molar-refractivity contribution in [2.75, 3.05) is 10.4 Å². The topological polar surface area (TPSA) is 138 Å². The summed E-state index contributed by atoms with van der Waals surface area (Å²) in [5.41, 5.74) is 0.367. The first-order chi connectivity index (χ1) is 19.4. The lowest BCUT2D eigenvalue weighted by Crippen LogP contribution is -2.60. The molecule has 0 spiro atoms. The number of imide groups is 2. The molecule has 2 aliphatic heterocycles. The van der Waals surface area contributed by atoms with Crippen LogP contribution in [0, 0.1) is 27.9 Å². The zero-order valence-corrected chi connectivity index (χ0v) is 25.5. The van der Waals surface area contributed by atoms with Gasteiger partial charge in [-0.2, -0.15) is 0 Å². The van der Waals surface area contributed by atoms with Crippen LogP contribution in [0.25, 0.3) is 0 Å². The van der Waals surface area contributed by atoms with Crippen LogP contribution in [-0.4, -0.2) is 53.8 Å². The number of hydrogen-bond donors (Lipinski definition) is 1. The van der Waals surface area contributed by atoms with E-state index in [1.54, 1.807) is 18.2 Å². The van der Waals surface area contributed by atoms with Crippen molar-refractivity contribution in [3.63, 3.8) is 0 Å². The maximum atomic E-state index is 14.0. The van der Waals surface area contributed by atoms with Crippen LogP contribution in [0.4, 0.5) is 11.4 Å². The van der Waals surface area contributed by atoms with Gasteiger partial charge in [0.1, 0.15) is 5.75 Å². The molecule has 14 heteroatoms. The molecule has 4 amide bonds. The van der Waals surface area contributed by atoms with Crippen molar-refractivity contribution in [1.29, 1.82) is 0 Å². The van der Waals surface area contributed by atoms with Gasteiger partial charge in [0.2, 0.25) is 11.8 Å². The molecule has 2 aromatic carbocycles. The van der Waals surface area contributed by atoms with Crippen LogP contribution < -0.4 is 4.90 Å². The Bertz CT molecular complexity index is 1620. The number of nitrogens with zero attached hydrogens (tertiary/aromatic N) is 3. The summed E-state index contributed by atoms with van der Waals surface area (Å²) in [5, 5.41) is 22.3. The van der Waals surface area contributed by atoms with Gasteiger partial charge < -0.3 is 5.11 Å². The van der Waals surface area contributed by atoms with Gasteiger partial charge >= 0.3 is 0 Å². The van der Waals surface area contributed by atoms with E-state index in [-0.39, 0.29) is 41.0 Å². The van der Waals surface area contributed by atoms with E-state index in [0.717, 1.165) is 15.9 Å². The summed E-state index contributed by atoms with van der Waals surface area (Å²) in [6, 6.07) is 9.85. The summed E-state index contributed by atoms with van der Waals surface area (Å²) < 4.78 is 0.570. The molecule has 10 nitrogen and oxygen atoms in total. The number of anilines is 1. The number of nitro groups is 1. The number of hydrogen-bond acceptors (Lipinski definition) is 7. The minimum absolute atomic E-state index is 0.0620. The lowest BCUT2D eigenvalue weighted by Gasteiger charge is -2.50. The van der Waals surface area contributed by atoms with Crippen LogP contribution in [0.2, 0.25) is 0 Å². The van der Waals surface area contributed by atoms with Crippen molar-refractivity contribution in [2.45, 2.75) is 28.5 Å². The van der Waals surface area contributed by atoms with Crippen molar-refractivity contribution in [2.24, 2.45) is 17.8 Å². The van der Waals surface area contributed by atoms with E-state index in [9.17, 15) is 34.4 Å². The first kappa shape index (κ1) is 28.3. The molecule has 2 saturated heterocycles. The van der Waals surface area contributed by atoms with Crippen LogP contribution in [-0.2, 0) is 19.2 Å². The van der Waals surface area contributed by atoms with Gasteiger partial charge in [-0.15, -0.1) is 23.2 Å². The molecular weight excluding hydrogens is 709 g/mol. The maximum Gasteiger partial charge on any atom is 0.271 e. The lowest BCUT2D eigenvalue weighted by atomic mass is 9.56. The van der Waals surface area contributed by atoms with Crippen molar-refractivity contribution >= 4 is 90.1 Å². The maximum absolute atomic E-state index is 14.0. The molecule has 2 aromatic rings. The van der Waals surface area contributed by atoms with Crippen molar-refractivity contribution in [3.05, 3.63) is 74.3 Å². The highest BCUT2D eigenvalue weighted by Gasteiger charge is 2.76. The standard InChI is InChI=1S/C27H19Br2Cl2N3O7/c28-11-32-24(38)26(30)10-18-15(21(27(26,31)25(32)39)17-8-12(29)4-7-19(17)35)5-6-16-20(18)23(37)33(22(16)36)13-2-1-3-14(9-13)34(40)41/h1-5,7-9,16,18,20-21,35H,6,10-11H2. The number of amides is 4. The molecule has 4 aliphatic rings. The Morgan fingerprint density at radius 2 is 1.78 bits per heavy atom. The van der Waals surface area contributed by atoms with E-state index in [4.69, 9.17) is 23.2 Å². The number of nitro benzene ring substituents is 1. The Morgan fingerprint density at radius 1 is 1.05 bits per heavy atom. The molecule has 0 bridgehead atoms. The predicted octanol–water partition coefficient (Wildman–Crippen LogP) is 4.98. The van der Waals surface area contributed by atoms with Gasteiger partial charge in [0, 0.05) is 28.1 Å². The number of carbonyl (C=O) groups excluding carboxylic acids is 4. The van der Waals surface area contributed by atoms with Crippen LogP contribution in [0.3, 0.4) is 0 Å². The minimum atomic E-state index is -2.04. The van der Waals surface area contributed by atoms with Gasteiger partial charge in [-0.05, 0) is 43.0 Å². The summed E-state index contributed by atoms with van der Waals surface area (Å²) >= 11 is 20.9. The van der Waals surface area contributed by atoms with E-state index >= 15 is 0 Å². The van der Waals surface area contributed by atoms with Gasteiger partial charge in [-0.1, -0.05) is 49.6 Å². The van der Waals surface area contributed by atoms with Crippen molar-refractivity contribution < 1.29 is 29.2 Å². The monoisotopic (exact) mass is 725 g/mol. The fourth-order valence-electron chi connectivity index (χ4n) is 6.86. The second-order valence-electron chi connectivity index (χ2n) is 10.5. The second-order valence-corrected chi connectivity index (χ2v) is 13.1. The smallest absolute Gasteiger partial charge is 0.271 e. The number of benzene rings is 2. The summed E-state index contributed by atoms with van der Waals surface area (Å²) in [4.78, 5) is 63.6. The number of phenols is 1. The molecular formula is C27H19Br2Cl2N3O7. The van der Waals surface area contributed by atoms with Gasteiger partial charge in [0.25, 0.3) is 17.5 Å². The number of rotatable bonds is 4. The van der Waals surface area contributed by atoms with Gasteiger partial charge in [0.15, 0.2) is 9.75 Å². The SMILES string of the molecule is O=C1C2CC=C3C(CC4(Cl)C(=O)N(CBr)C(=O)C4(Cl)C3c3cc(Br)ccc3O)C2C(=O)N1c1cccc([N+](=O)[O-])c1. The Balaban J connectivity index is 1.52. The van der Waals surface area contributed by atoms with E-state index < -0.39 is 62.0 Å². The van der Waals surface area contributed by atoms with E-state index in [1.165, 1.54) is 24.3 Å². The molecule has 2 aliphatic carbocycles. The Hall–Kier alpha value is -2.80. The molecule has 6 unspecified atom stereocenters. The molecule has 0 radical (unpaired) electrons. The molecule has 1 saturated carbocycles. The third-order valence-electron chi connectivity index (χ3n) is 8.61. The molecule has 41 heavy (non-hydrogen) atoms. The van der Waals surface area contributed by atoms with Gasteiger partial charge in [-0.25, -0.2) is 4.90 Å². The fraction of sp³-hybridized carbons (Fsp3) is 0.333. The number of aromatic hydroxyl groups is 1. The first-order valence-corrected chi connectivity index (χ1v) is 15.1. The normalized spacial score (nSPS) is 32.5. The zero-order valence-electron chi connectivity index (χ0n) is 20.8. The highest BCUT2D eigenvalue weighted by Crippen LogP contribution is 2.66. The number of phenolic OH excluding ortho intramolecular Hbond substituents is 1. The Kier molecular flexibility index (Phi) is 6.64. The van der Waals surface area contributed by atoms with Gasteiger partial charge in [-0.3, -0.25) is 34.2 Å². The molecule has 1 N–H and O–H groups in total. The van der Waals surface area contributed by atoms with Gasteiger partial charge in [0.05, 0.1) is 27.9 Å². The molecule has 6 rings (SSSR count). The first-order valence-electron chi connectivity index (χ1n) is 12.5. The van der Waals surface area contributed by atoms with Crippen LogP contribution in [0.5, 0.6) is 5.75 Å². The van der Waals surface area contributed by atoms with Crippen molar-refractivity contribution in [3.8, 4) is 5.75 Å². The molecule has 2 heterocycles. The molecule has 212 valence electrons. The summed E-state index contributed by atoms with van der Waals surface area (Å²) in [5.74, 6) is -6.51. The third kappa shape index (κ3) is 3.73. The number of alkyl halides is 3. The highest BCUT2D eigenvalue weighted by molar-refractivity contribution is 9.10. The van der Waals surface area contributed by atoms with Crippen LogP contribution >= 0.6 is 55.1 Å². The fourth-order valence-corrected chi connectivity index (χ4v) is 8.65. The molecule has 6 atom stereocenters. The third-order valence-corrected chi connectivity index (χ3v) is 11.0. The van der Waals surface area contributed by atoms with E-state index in [0.29, 0.717) is 10.0 Å². The molecule has 3 fully saturated rings. The van der Waals surface area contributed by atoms with E-state index in [2.05, 4.69) is 31.9 Å². The molecule has 0 aromatic heterocycles. The average molecular weight is 728 g/mol. The number of non-ortho nitro benzene ring substituents is 1. The van der Waals surface area contributed by atoms with Crippen molar-refractivity contribution in [1.82, 2.24) is 4.90 Å². The summed E-state index contributed by atoms with van der Waals surface area (Å²) in [6.07, 6.45) is 1.64. The summed E-state index contributed by atoms with van der Waals surface area (Å²) in [6.45, 7) is 0. The number of likely N-dealkylation sites (tertiary alicyclic amines) is 1. The zero-order chi connectivity index (χ0) is 29.6. The number of allylic oxidation sites excluding steroid dienone is 2. The number of halogens is 4. The average Bonchev–Trinajstić information content (AvgIpc) is 3.28. The minimum Gasteiger partial charge on any atom is -0.508 e. The lowest BCUT2D eigenvalue weighted by molar-refractivity contribution is -0.384. The van der Waals surface area contributed by atoms with Crippen LogP contribution in [0.1, 0.15) is 24.3 Å². The Morgan fingerprint density at radius 3 is 2.46 bits per heavy atom. The largest absolute Gasteiger partial charge is 0.508 e. The number of fused-ring (bicyclic) bond motifs is 4. The van der Waals surface area contributed by atoms with E-state index in [1.807, 2.05) is 0 Å². The van der Waals surface area contributed by atoms with Crippen LogP contribution in [0.15, 0.2) is 58.6 Å². The Labute approximate surface area is 259 Å². The highest BCUT2D eigenvalue weighted by atomic mass is 79.9. The quantitative estimate of drug-likeness (QED) is 0.117. The second kappa shape index (κ2) is 9.62.